The fourth-order valence-corrected chi connectivity index (χ4v) is 2.73. The number of anilines is 1. The largest absolute Gasteiger partial charge is 0.497 e. The molecule has 104 valence electrons. The first kappa shape index (κ1) is 14.3. The Morgan fingerprint density at radius 1 is 1.42 bits per heavy atom. The summed E-state index contributed by atoms with van der Waals surface area (Å²) >= 11 is 6.88. The lowest BCUT2D eigenvalue weighted by atomic mass is 10.1. The van der Waals surface area contributed by atoms with Gasteiger partial charge in [-0.1, -0.05) is 0 Å². The van der Waals surface area contributed by atoms with E-state index in [9.17, 15) is 18.0 Å². The highest BCUT2D eigenvalue weighted by Gasteiger charge is 2.35. The molecule has 0 spiro atoms. The summed E-state index contributed by atoms with van der Waals surface area (Å²) in [6, 6.07) is 3.17. The maximum atomic E-state index is 12.8. The first-order valence-corrected chi connectivity index (χ1v) is 6.65. The number of thioether (sulfide) groups is 1. The Balaban J connectivity index is 2.43. The topological polar surface area (TPSA) is 29.5 Å². The number of carbonyl (C=O) groups excluding carboxylic acids is 1. The van der Waals surface area contributed by atoms with E-state index >= 15 is 0 Å². The predicted molar refractivity (Wildman–Crippen MR) is 67.6 cm³/mol. The van der Waals surface area contributed by atoms with Crippen molar-refractivity contribution in [2.45, 2.75) is 10.9 Å². The molecule has 1 aromatic rings. The second-order valence-corrected chi connectivity index (χ2v) is 5.55. The van der Waals surface area contributed by atoms with Crippen molar-refractivity contribution in [2.24, 2.45) is 0 Å². The molecule has 2 rings (SSSR count). The molecule has 0 radical (unpaired) electrons. The van der Waals surface area contributed by atoms with Crippen LogP contribution in [0, 0.1) is 0 Å². The molecule has 1 unspecified atom stereocenters. The van der Waals surface area contributed by atoms with Gasteiger partial charge in [-0.15, -0.1) is 23.4 Å². The van der Waals surface area contributed by atoms with Crippen molar-refractivity contribution in [2.75, 3.05) is 17.9 Å². The highest BCUT2D eigenvalue weighted by atomic mass is 35.5. The van der Waals surface area contributed by atoms with Crippen LogP contribution < -0.4 is 9.64 Å². The van der Waals surface area contributed by atoms with Gasteiger partial charge in [0, 0.05) is 11.8 Å². The van der Waals surface area contributed by atoms with Gasteiger partial charge in [0.15, 0.2) is 4.71 Å². The van der Waals surface area contributed by atoms with E-state index in [1.807, 2.05) is 0 Å². The summed E-state index contributed by atoms with van der Waals surface area (Å²) in [5.41, 5.74) is -0.731. The molecular weight excluding hydrogens is 303 g/mol. The number of halogens is 4. The molecular formula is C11H9ClF3NO2S. The third-order valence-corrected chi connectivity index (χ3v) is 4.04. The fraction of sp³-hybridized carbons (Fsp3) is 0.364. The third kappa shape index (κ3) is 2.92. The number of hydrogen-bond acceptors (Lipinski definition) is 3. The van der Waals surface area contributed by atoms with Crippen LogP contribution in [0.25, 0.3) is 0 Å². The van der Waals surface area contributed by atoms with Crippen LogP contribution in [-0.2, 0) is 11.0 Å². The summed E-state index contributed by atoms with van der Waals surface area (Å²) in [6.07, 6.45) is -4.50. The lowest BCUT2D eigenvalue weighted by Crippen LogP contribution is -2.27. The normalized spacial score (nSPS) is 19.9. The van der Waals surface area contributed by atoms with Crippen LogP contribution in [-0.4, -0.2) is 23.6 Å². The predicted octanol–water partition coefficient (Wildman–Crippen LogP) is 3.32. The van der Waals surface area contributed by atoms with Gasteiger partial charge in [-0.3, -0.25) is 4.79 Å². The SMILES string of the molecule is COc1cc(N2CSC(Cl)C2=O)cc(C(F)(F)F)c1. The third-order valence-electron chi connectivity index (χ3n) is 2.58. The number of ether oxygens (including phenoxy) is 1. The molecule has 8 heteroatoms. The van der Waals surface area contributed by atoms with E-state index in [1.54, 1.807) is 0 Å². The van der Waals surface area contributed by atoms with Crippen LogP contribution in [0.3, 0.4) is 0 Å². The molecule has 1 aromatic carbocycles. The van der Waals surface area contributed by atoms with E-state index in [4.69, 9.17) is 16.3 Å². The Kier molecular flexibility index (Phi) is 3.87. The Bertz CT molecular complexity index is 509. The van der Waals surface area contributed by atoms with Crippen LogP contribution in [0.1, 0.15) is 5.56 Å². The van der Waals surface area contributed by atoms with Gasteiger partial charge in [0.25, 0.3) is 5.91 Å². The molecule has 0 aliphatic carbocycles. The number of benzene rings is 1. The summed E-state index contributed by atoms with van der Waals surface area (Å²) in [7, 11) is 1.27. The molecule has 1 fully saturated rings. The monoisotopic (exact) mass is 311 g/mol. The zero-order chi connectivity index (χ0) is 14.2. The number of hydrogen-bond donors (Lipinski definition) is 0. The highest BCUT2D eigenvalue weighted by molar-refractivity contribution is 8.02. The Morgan fingerprint density at radius 3 is 2.58 bits per heavy atom. The Hall–Kier alpha value is -1.08. The Morgan fingerprint density at radius 2 is 2.11 bits per heavy atom. The zero-order valence-electron chi connectivity index (χ0n) is 9.70. The minimum atomic E-state index is -4.50. The fourth-order valence-electron chi connectivity index (χ4n) is 1.62. The van der Waals surface area contributed by atoms with Crippen molar-refractivity contribution in [3.8, 4) is 5.75 Å². The minimum absolute atomic E-state index is 0.0423. The van der Waals surface area contributed by atoms with Crippen LogP contribution >= 0.6 is 23.4 Å². The van der Waals surface area contributed by atoms with Crippen molar-refractivity contribution >= 4 is 35.0 Å². The molecule has 1 atom stereocenters. The highest BCUT2D eigenvalue weighted by Crippen LogP contribution is 2.38. The summed E-state index contributed by atoms with van der Waals surface area (Å²) in [4.78, 5) is 12.9. The van der Waals surface area contributed by atoms with Gasteiger partial charge < -0.3 is 9.64 Å². The summed E-state index contributed by atoms with van der Waals surface area (Å²) < 4.78 is 42.3. The van der Waals surface area contributed by atoms with Crippen molar-refractivity contribution in [1.82, 2.24) is 0 Å². The van der Waals surface area contributed by atoms with Crippen molar-refractivity contribution in [3.05, 3.63) is 23.8 Å². The number of methoxy groups -OCH3 is 1. The molecule has 1 saturated heterocycles. The van der Waals surface area contributed by atoms with Gasteiger partial charge in [0.1, 0.15) is 5.75 Å². The van der Waals surface area contributed by atoms with Crippen molar-refractivity contribution < 1.29 is 22.7 Å². The lowest BCUT2D eigenvalue weighted by molar-refractivity contribution is -0.137. The average molecular weight is 312 g/mol. The van der Waals surface area contributed by atoms with Crippen molar-refractivity contribution in [1.29, 1.82) is 0 Å². The molecule has 3 nitrogen and oxygen atoms in total. The molecule has 1 heterocycles. The standard InChI is InChI=1S/C11H9ClF3NO2S/c1-18-8-3-6(11(13,14)15)2-7(4-8)16-5-19-9(12)10(16)17/h2-4,9H,5H2,1H3. The zero-order valence-corrected chi connectivity index (χ0v) is 11.3. The second kappa shape index (κ2) is 5.13. The molecule has 1 aliphatic heterocycles. The van der Waals surface area contributed by atoms with Crippen LogP contribution in [0.2, 0.25) is 0 Å². The summed E-state index contributed by atoms with van der Waals surface area (Å²) in [5, 5.41) is 0. The van der Waals surface area contributed by atoms with Crippen LogP contribution in [0.4, 0.5) is 18.9 Å². The lowest BCUT2D eigenvalue weighted by Gasteiger charge is -2.18. The number of amides is 1. The molecule has 0 saturated carbocycles. The van der Waals surface area contributed by atoms with Gasteiger partial charge in [-0.2, -0.15) is 13.2 Å². The Labute approximate surface area is 116 Å². The van der Waals surface area contributed by atoms with E-state index in [-0.39, 0.29) is 17.3 Å². The van der Waals surface area contributed by atoms with Gasteiger partial charge in [-0.05, 0) is 12.1 Å². The number of alkyl halides is 4. The van der Waals surface area contributed by atoms with Gasteiger partial charge >= 0.3 is 6.18 Å². The molecule has 19 heavy (non-hydrogen) atoms. The quantitative estimate of drug-likeness (QED) is 0.785. The summed E-state index contributed by atoms with van der Waals surface area (Å²) in [6.45, 7) is 0. The smallest absolute Gasteiger partial charge is 0.416 e. The minimum Gasteiger partial charge on any atom is -0.497 e. The van der Waals surface area contributed by atoms with E-state index in [2.05, 4.69) is 0 Å². The van der Waals surface area contributed by atoms with Crippen molar-refractivity contribution in [3.63, 3.8) is 0 Å². The van der Waals surface area contributed by atoms with E-state index in [0.717, 1.165) is 23.9 Å². The number of carbonyl (C=O) groups is 1. The van der Waals surface area contributed by atoms with Gasteiger partial charge in [0.2, 0.25) is 0 Å². The molecule has 1 amide bonds. The molecule has 0 aromatic heterocycles. The molecule has 0 N–H and O–H groups in total. The van der Waals surface area contributed by atoms with E-state index in [0.29, 0.717) is 0 Å². The number of rotatable bonds is 2. The average Bonchev–Trinajstić information content (AvgIpc) is 2.68. The molecule has 1 aliphatic rings. The van der Waals surface area contributed by atoms with E-state index in [1.165, 1.54) is 18.1 Å². The molecule has 0 bridgehead atoms. The second-order valence-electron chi connectivity index (χ2n) is 3.80. The van der Waals surface area contributed by atoms with E-state index < -0.39 is 22.4 Å². The maximum Gasteiger partial charge on any atom is 0.416 e. The van der Waals surface area contributed by atoms with Crippen LogP contribution in [0.5, 0.6) is 5.75 Å². The summed E-state index contributed by atoms with van der Waals surface area (Å²) in [5.74, 6) is -0.161. The first-order chi connectivity index (χ1) is 8.82. The van der Waals surface area contributed by atoms with Crippen LogP contribution in [0.15, 0.2) is 18.2 Å². The van der Waals surface area contributed by atoms with Gasteiger partial charge in [0.05, 0.1) is 18.6 Å². The van der Waals surface area contributed by atoms with Gasteiger partial charge in [-0.25, -0.2) is 0 Å². The first-order valence-electron chi connectivity index (χ1n) is 5.16. The maximum absolute atomic E-state index is 12.8. The number of nitrogens with zero attached hydrogens (tertiary/aromatic N) is 1.